The first kappa shape index (κ1) is 18.1. The molecule has 0 aliphatic rings. The molecule has 4 nitrogen and oxygen atoms in total. The summed E-state index contributed by atoms with van der Waals surface area (Å²) in [6.45, 7) is 2.47. The average Bonchev–Trinajstić information content (AvgIpc) is 2.54. The lowest BCUT2D eigenvalue weighted by Gasteiger charge is -2.12. The molecule has 1 amide bonds. The van der Waals surface area contributed by atoms with Crippen molar-refractivity contribution in [1.82, 2.24) is 10.3 Å². The molecule has 0 radical (unpaired) electrons. The van der Waals surface area contributed by atoms with Crippen LogP contribution in [0, 0.1) is 0 Å². The summed E-state index contributed by atoms with van der Waals surface area (Å²) in [6, 6.07) is 6.03. The van der Waals surface area contributed by atoms with Crippen molar-refractivity contribution in [3.8, 4) is 0 Å². The molecule has 1 heterocycles. The van der Waals surface area contributed by atoms with Crippen molar-refractivity contribution in [2.24, 2.45) is 0 Å². The zero-order valence-corrected chi connectivity index (χ0v) is 13.5. The van der Waals surface area contributed by atoms with Gasteiger partial charge in [-0.3, -0.25) is 4.79 Å². The van der Waals surface area contributed by atoms with Crippen LogP contribution in [0.5, 0.6) is 0 Å². The first-order chi connectivity index (χ1) is 11.3. The normalized spacial score (nSPS) is 11.2. The van der Waals surface area contributed by atoms with Crippen molar-refractivity contribution in [2.45, 2.75) is 19.5 Å². The lowest BCUT2D eigenvalue weighted by Crippen LogP contribution is -2.24. The number of carbonyl (C=O) groups is 1. The summed E-state index contributed by atoms with van der Waals surface area (Å²) in [4.78, 5) is 15.7. The minimum atomic E-state index is -4.46. The highest BCUT2D eigenvalue weighted by Gasteiger charge is 2.30. The second-order valence-electron chi connectivity index (χ2n) is 5.01. The highest BCUT2D eigenvalue weighted by Crippen LogP contribution is 2.34. The molecule has 24 heavy (non-hydrogen) atoms. The van der Waals surface area contributed by atoms with Gasteiger partial charge in [-0.1, -0.05) is 18.5 Å². The van der Waals surface area contributed by atoms with E-state index in [0.29, 0.717) is 12.2 Å². The summed E-state index contributed by atoms with van der Waals surface area (Å²) in [7, 11) is 0. The van der Waals surface area contributed by atoms with Gasteiger partial charge in [0.2, 0.25) is 0 Å². The van der Waals surface area contributed by atoms with Crippen LogP contribution in [0.2, 0.25) is 5.02 Å². The SMILES string of the molecule is CCCNC(=O)c1ccc(Nc2cc(C(F)(F)F)ccc2Cl)cn1. The van der Waals surface area contributed by atoms with Crippen LogP contribution in [0.25, 0.3) is 0 Å². The molecule has 128 valence electrons. The van der Waals surface area contributed by atoms with Gasteiger partial charge in [0.25, 0.3) is 5.91 Å². The van der Waals surface area contributed by atoms with Gasteiger partial charge in [0, 0.05) is 6.54 Å². The Labute approximate surface area is 142 Å². The van der Waals surface area contributed by atoms with Gasteiger partial charge in [-0.2, -0.15) is 13.2 Å². The fourth-order valence-corrected chi connectivity index (χ4v) is 2.05. The predicted molar refractivity (Wildman–Crippen MR) is 86.6 cm³/mol. The molecule has 1 aromatic heterocycles. The maximum absolute atomic E-state index is 12.8. The zero-order valence-electron chi connectivity index (χ0n) is 12.7. The summed E-state index contributed by atoms with van der Waals surface area (Å²) < 4.78 is 38.3. The third-order valence-corrected chi connectivity index (χ3v) is 3.43. The zero-order chi connectivity index (χ0) is 17.7. The van der Waals surface area contributed by atoms with Crippen LogP contribution < -0.4 is 10.6 Å². The number of nitrogens with zero attached hydrogens (tertiary/aromatic N) is 1. The lowest BCUT2D eigenvalue weighted by molar-refractivity contribution is -0.137. The van der Waals surface area contributed by atoms with E-state index in [4.69, 9.17) is 11.6 Å². The molecule has 0 fully saturated rings. The molecule has 2 aromatic rings. The number of rotatable bonds is 5. The van der Waals surface area contributed by atoms with Gasteiger partial charge in [0.05, 0.1) is 28.2 Å². The summed E-state index contributed by atoms with van der Waals surface area (Å²) in [5, 5.41) is 5.60. The Hall–Kier alpha value is -2.28. The first-order valence-electron chi connectivity index (χ1n) is 7.19. The molecule has 1 aromatic carbocycles. The topological polar surface area (TPSA) is 54.0 Å². The Morgan fingerprint density at radius 3 is 2.58 bits per heavy atom. The van der Waals surface area contributed by atoms with Crippen LogP contribution in [-0.4, -0.2) is 17.4 Å². The van der Waals surface area contributed by atoms with Crippen molar-refractivity contribution < 1.29 is 18.0 Å². The van der Waals surface area contributed by atoms with E-state index >= 15 is 0 Å². The van der Waals surface area contributed by atoms with Gasteiger partial charge in [0.1, 0.15) is 5.69 Å². The largest absolute Gasteiger partial charge is 0.416 e. The summed E-state index contributed by atoms with van der Waals surface area (Å²) in [6.07, 6.45) is -2.29. The number of alkyl halides is 3. The number of aromatic nitrogens is 1. The molecule has 0 saturated heterocycles. The predicted octanol–water partition coefficient (Wildman–Crippen LogP) is 4.64. The summed E-state index contributed by atoms with van der Waals surface area (Å²) in [5.74, 6) is -0.305. The summed E-state index contributed by atoms with van der Waals surface area (Å²) in [5.41, 5.74) is -0.0539. The van der Waals surface area contributed by atoms with Crippen LogP contribution in [0.1, 0.15) is 29.4 Å². The molecular weight excluding hydrogens is 343 g/mol. The standard InChI is InChI=1S/C16H15ClF3N3O/c1-2-7-21-15(24)13-6-4-11(9-22-13)23-14-8-10(16(18,19)20)3-5-12(14)17/h3-6,8-9,23H,2,7H2,1H3,(H,21,24). The van der Waals surface area contributed by atoms with Gasteiger partial charge < -0.3 is 10.6 Å². The highest BCUT2D eigenvalue weighted by atomic mass is 35.5. The third-order valence-electron chi connectivity index (χ3n) is 3.10. The van der Waals surface area contributed by atoms with Gasteiger partial charge >= 0.3 is 6.18 Å². The number of anilines is 2. The molecule has 0 bridgehead atoms. The molecule has 0 saturated carbocycles. The van der Waals surface area contributed by atoms with Crippen LogP contribution in [-0.2, 0) is 6.18 Å². The second-order valence-corrected chi connectivity index (χ2v) is 5.41. The maximum atomic E-state index is 12.8. The van der Waals surface area contributed by atoms with Crippen molar-refractivity contribution in [3.05, 3.63) is 52.8 Å². The van der Waals surface area contributed by atoms with Crippen molar-refractivity contribution >= 4 is 28.9 Å². The highest BCUT2D eigenvalue weighted by molar-refractivity contribution is 6.33. The average molecular weight is 358 g/mol. The quantitative estimate of drug-likeness (QED) is 0.819. The minimum absolute atomic E-state index is 0.108. The molecule has 0 atom stereocenters. The number of benzene rings is 1. The molecule has 0 unspecified atom stereocenters. The van der Waals surface area contributed by atoms with Crippen molar-refractivity contribution in [3.63, 3.8) is 0 Å². The van der Waals surface area contributed by atoms with E-state index in [1.54, 1.807) is 6.07 Å². The maximum Gasteiger partial charge on any atom is 0.416 e. The van der Waals surface area contributed by atoms with E-state index < -0.39 is 11.7 Å². The van der Waals surface area contributed by atoms with Crippen LogP contribution >= 0.6 is 11.6 Å². The second kappa shape index (κ2) is 7.53. The van der Waals surface area contributed by atoms with Crippen molar-refractivity contribution in [1.29, 1.82) is 0 Å². The Bertz CT molecular complexity index is 717. The van der Waals surface area contributed by atoms with E-state index in [1.807, 2.05) is 6.92 Å². The number of carbonyl (C=O) groups excluding carboxylic acids is 1. The number of halogens is 4. The first-order valence-corrected chi connectivity index (χ1v) is 7.57. The van der Waals surface area contributed by atoms with Crippen molar-refractivity contribution in [2.75, 3.05) is 11.9 Å². The molecule has 0 aliphatic heterocycles. The van der Waals surface area contributed by atoms with Gasteiger partial charge in [0.15, 0.2) is 0 Å². The third kappa shape index (κ3) is 4.61. The van der Waals surface area contributed by atoms with E-state index in [2.05, 4.69) is 15.6 Å². The summed E-state index contributed by atoms with van der Waals surface area (Å²) >= 11 is 5.92. The Balaban J connectivity index is 2.15. The lowest BCUT2D eigenvalue weighted by atomic mass is 10.2. The minimum Gasteiger partial charge on any atom is -0.353 e. The van der Waals surface area contributed by atoms with E-state index in [0.717, 1.165) is 18.6 Å². The molecule has 0 spiro atoms. The monoisotopic (exact) mass is 357 g/mol. The van der Waals surface area contributed by atoms with E-state index in [-0.39, 0.29) is 22.3 Å². The van der Waals surface area contributed by atoms with E-state index in [9.17, 15) is 18.0 Å². The molecular formula is C16H15ClF3N3O. The Kier molecular flexibility index (Phi) is 5.66. The molecule has 2 rings (SSSR count). The van der Waals surface area contributed by atoms with Crippen LogP contribution in [0.3, 0.4) is 0 Å². The van der Waals surface area contributed by atoms with Crippen LogP contribution in [0.4, 0.5) is 24.5 Å². The number of pyridine rings is 1. The number of nitrogens with one attached hydrogen (secondary N) is 2. The van der Waals surface area contributed by atoms with Gasteiger partial charge in [-0.25, -0.2) is 4.98 Å². The van der Waals surface area contributed by atoms with E-state index in [1.165, 1.54) is 18.3 Å². The number of hydrogen-bond acceptors (Lipinski definition) is 3. The van der Waals surface area contributed by atoms with Gasteiger partial charge in [-0.15, -0.1) is 0 Å². The fraction of sp³-hybridized carbons (Fsp3) is 0.250. The Morgan fingerprint density at radius 2 is 2.00 bits per heavy atom. The van der Waals surface area contributed by atoms with Gasteiger partial charge in [-0.05, 0) is 36.8 Å². The Morgan fingerprint density at radius 1 is 1.25 bits per heavy atom. The molecule has 2 N–H and O–H groups in total. The fourth-order valence-electron chi connectivity index (χ4n) is 1.88. The smallest absolute Gasteiger partial charge is 0.353 e. The molecule has 8 heteroatoms. The van der Waals surface area contributed by atoms with Crippen LogP contribution in [0.15, 0.2) is 36.5 Å². The molecule has 0 aliphatic carbocycles. The number of hydrogen-bond donors (Lipinski definition) is 2. The number of amides is 1.